The van der Waals surface area contributed by atoms with Crippen molar-refractivity contribution in [1.82, 2.24) is 14.8 Å². The molecule has 0 radical (unpaired) electrons. The van der Waals surface area contributed by atoms with Crippen molar-refractivity contribution in [2.24, 2.45) is 0 Å². The summed E-state index contributed by atoms with van der Waals surface area (Å²) in [6, 6.07) is 15.0. The monoisotopic (exact) mass is 421 g/mol. The van der Waals surface area contributed by atoms with Gasteiger partial charge in [-0.05, 0) is 62.6 Å². The van der Waals surface area contributed by atoms with E-state index in [1.165, 1.54) is 5.56 Å². The Morgan fingerprint density at radius 3 is 2.32 bits per heavy atom. The van der Waals surface area contributed by atoms with Crippen molar-refractivity contribution in [3.63, 3.8) is 0 Å². The SMILES string of the molecule is O=C(CCCCc1ccccc1)N1CCC(N2CCC(Oc3ccncc3)CC2)CC1. The van der Waals surface area contributed by atoms with Gasteiger partial charge in [0.05, 0.1) is 0 Å². The van der Waals surface area contributed by atoms with Gasteiger partial charge in [-0.3, -0.25) is 14.7 Å². The van der Waals surface area contributed by atoms with Crippen LogP contribution in [-0.4, -0.2) is 59.0 Å². The molecule has 2 aliphatic heterocycles. The number of pyridine rings is 1. The maximum absolute atomic E-state index is 12.6. The molecule has 31 heavy (non-hydrogen) atoms. The summed E-state index contributed by atoms with van der Waals surface area (Å²) in [6.45, 7) is 4.01. The maximum Gasteiger partial charge on any atom is 0.222 e. The lowest BCUT2D eigenvalue weighted by atomic mass is 9.98. The highest BCUT2D eigenvalue weighted by Gasteiger charge is 2.30. The number of hydrogen-bond acceptors (Lipinski definition) is 4. The Kier molecular flexibility index (Phi) is 7.94. The van der Waals surface area contributed by atoms with E-state index in [2.05, 4.69) is 45.1 Å². The Morgan fingerprint density at radius 2 is 1.61 bits per heavy atom. The molecule has 2 saturated heterocycles. The van der Waals surface area contributed by atoms with E-state index in [4.69, 9.17) is 4.74 Å². The van der Waals surface area contributed by atoms with E-state index in [0.29, 0.717) is 24.5 Å². The van der Waals surface area contributed by atoms with Gasteiger partial charge in [0.25, 0.3) is 0 Å². The molecule has 2 aromatic rings. The molecule has 166 valence electrons. The number of benzene rings is 1. The van der Waals surface area contributed by atoms with E-state index in [9.17, 15) is 4.79 Å². The second kappa shape index (κ2) is 11.3. The summed E-state index contributed by atoms with van der Waals surface area (Å²) < 4.78 is 6.09. The van der Waals surface area contributed by atoms with Crippen molar-refractivity contribution in [3.05, 3.63) is 60.4 Å². The number of nitrogens with zero attached hydrogens (tertiary/aromatic N) is 3. The summed E-state index contributed by atoms with van der Waals surface area (Å²) in [5.74, 6) is 1.26. The summed E-state index contributed by atoms with van der Waals surface area (Å²) in [7, 11) is 0. The lowest BCUT2D eigenvalue weighted by molar-refractivity contribution is -0.133. The fraction of sp³-hybridized carbons (Fsp3) is 0.538. The highest BCUT2D eigenvalue weighted by molar-refractivity contribution is 5.76. The predicted octanol–water partition coefficient (Wildman–Crippen LogP) is 4.33. The molecule has 0 N–H and O–H groups in total. The molecule has 0 aliphatic carbocycles. The van der Waals surface area contributed by atoms with Crippen LogP contribution in [0.15, 0.2) is 54.9 Å². The van der Waals surface area contributed by atoms with E-state index < -0.39 is 0 Å². The number of hydrogen-bond donors (Lipinski definition) is 0. The number of unbranched alkanes of at least 4 members (excludes halogenated alkanes) is 1. The first-order chi connectivity index (χ1) is 15.3. The summed E-state index contributed by atoms with van der Waals surface area (Å²) in [5.41, 5.74) is 1.37. The molecule has 2 aliphatic rings. The Hall–Kier alpha value is -2.40. The van der Waals surface area contributed by atoms with Crippen LogP contribution < -0.4 is 4.74 Å². The average molecular weight is 422 g/mol. The van der Waals surface area contributed by atoms with Gasteiger partial charge in [-0.2, -0.15) is 0 Å². The van der Waals surface area contributed by atoms with Gasteiger partial charge in [-0.1, -0.05) is 30.3 Å². The number of carbonyl (C=O) groups is 1. The van der Waals surface area contributed by atoms with Crippen molar-refractivity contribution in [1.29, 1.82) is 0 Å². The fourth-order valence-corrected chi connectivity index (χ4v) is 4.86. The third kappa shape index (κ3) is 6.54. The van der Waals surface area contributed by atoms with Gasteiger partial charge in [0, 0.05) is 51.0 Å². The molecule has 0 spiro atoms. The molecule has 4 rings (SSSR count). The fourth-order valence-electron chi connectivity index (χ4n) is 4.86. The zero-order chi connectivity index (χ0) is 21.3. The first-order valence-electron chi connectivity index (χ1n) is 11.9. The standard InChI is InChI=1S/C26H35N3O2/c30-26(9-5-4-8-22-6-2-1-3-7-22)29-18-12-23(13-19-29)28-20-14-25(15-21-28)31-24-10-16-27-17-11-24/h1-3,6-7,10-11,16-17,23,25H,4-5,8-9,12-15,18-21H2. The zero-order valence-corrected chi connectivity index (χ0v) is 18.5. The molecule has 0 bridgehead atoms. The van der Waals surface area contributed by atoms with Crippen LogP contribution in [0.25, 0.3) is 0 Å². The van der Waals surface area contributed by atoms with Gasteiger partial charge in [0.1, 0.15) is 11.9 Å². The van der Waals surface area contributed by atoms with E-state index in [-0.39, 0.29) is 0 Å². The predicted molar refractivity (Wildman–Crippen MR) is 123 cm³/mol. The molecule has 1 aromatic heterocycles. The third-order valence-electron chi connectivity index (χ3n) is 6.71. The van der Waals surface area contributed by atoms with Gasteiger partial charge in [0.2, 0.25) is 5.91 Å². The van der Waals surface area contributed by atoms with Crippen LogP contribution in [0.4, 0.5) is 0 Å². The maximum atomic E-state index is 12.6. The summed E-state index contributed by atoms with van der Waals surface area (Å²) in [5, 5.41) is 0. The summed E-state index contributed by atoms with van der Waals surface area (Å²) >= 11 is 0. The zero-order valence-electron chi connectivity index (χ0n) is 18.5. The lowest BCUT2D eigenvalue weighted by Crippen LogP contribution is -2.50. The smallest absolute Gasteiger partial charge is 0.222 e. The number of piperidine rings is 2. The minimum absolute atomic E-state index is 0.302. The molecule has 5 nitrogen and oxygen atoms in total. The molecule has 0 saturated carbocycles. The highest BCUT2D eigenvalue weighted by Crippen LogP contribution is 2.24. The van der Waals surface area contributed by atoms with E-state index in [1.807, 2.05) is 12.1 Å². The second-order valence-electron chi connectivity index (χ2n) is 8.84. The molecule has 1 aromatic carbocycles. The van der Waals surface area contributed by atoms with Crippen molar-refractivity contribution in [2.45, 2.75) is 63.5 Å². The highest BCUT2D eigenvalue weighted by atomic mass is 16.5. The molecule has 1 amide bonds. The largest absolute Gasteiger partial charge is 0.490 e. The number of aromatic nitrogens is 1. The van der Waals surface area contributed by atoms with Gasteiger partial charge in [-0.15, -0.1) is 0 Å². The van der Waals surface area contributed by atoms with Crippen molar-refractivity contribution >= 4 is 5.91 Å². The van der Waals surface area contributed by atoms with Crippen LogP contribution >= 0.6 is 0 Å². The third-order valence-corrected chi connectivity index (χ3v) is 6.71. The molecular weight excluding hydrogens is 386 g/mol. The summed E-state index contributed by atoms with van der Waals surface area (Å²) in [4.78, 5) is 21.4. The minimum Gasteiger partial charge on any atom is -0.490 e. The molecule has 0 unspecified atom stereocenters. The van der Waals surface area contributed by atoms with Gasteiger partial charge >= 0.3 is 0 Å². The quantitative estimate of drug-likeness (QED) is 0.595. The van der Waals surface area contributed by atoms with Crippen LogP contribution in [0.3, 0.4) is 0 Å². The average Bonchev–Trinajstić information content (AvgIpc) is 2.84. The van der Waals surface area contributed by atoms with Gasteiger partial charge < -0.3 is 9.64 Å². The van der Waals surface area contributed by atoms with Crippen LogP contribution in [0.1, 0.15) is 50.5 Å². The first kappa shape index (κ1) is 21.8. The Balaban J connectivity index is 1.11. The normalized spacial score (nSPS) is 18.8. The lowest BCUT2D eigenvalue weighted by Gasteiger charge is -2.41. The molecule has 2 fully saturated rings. The van der Waals surface area contributed by atoms with Crippen LogP contribution in [0, 0.1) is 0 Å². The topological polar surface area (TPSA) is 45.7 Å². The van der Waals surface area contributed by atoms with Crippen LogP contribution in [0.2, 0.25) is 0 Å². The van der Waals surface area contributed by atoms with Gasteiger partial charge in [0.15, 0.2) is 0 Å². The van der Waals surface area contributed by atoms with E-state index in [0.717, 1.165) is 76.9 Å². The molecule has 5 heteroatoms. The van der Waals surface area contributed by atoms with Crippen molar-refractivity contribution in [2.75, 3.05) is 26.2 Å². The Bertz CT molecular complexity index is 783. The Morgan fingerprint density at radius 1 is 0.903 bits per heavy atom. The second-order valence-corrected chi connectivity index (χ2v) is 8.84. The number of rotatable bonds is 8. The van der Waals surface area contributed by atoms with Gasteiger partial charge in [-0.25, -0.2) is 0 Å². The summed E-state index contributed by atoms with van der Waals surface area (Å²) in [6.07, 6.45) is 12.0. The molecular formula is C26H35N3O2. The Labute approximate surface area is 186 Å². The number of ether oxygens (including phenoxy) is 1. The van der Waals surface area contributed by atoms with Crippen LogP contribution in [0.5, 0.6) is 5.75 Å². The van der Waals surface area contributed by atoms with Crippen molar-refractivity contribution in [3.8, 4) is 5.75 Å². The number of amides is 1. The minimum atomic E-state index is 0.302. The van der Waals surface area contributed by atoms with E-state index in [1.54, 1.807) is 12.4 Å². The molecule has 0 atom stereocenters. The van der Waals surface area contributed by atoms with Crippen molar-refractivity contribution < 1.29 is 9.53 Å². The number of aryl methyl sites for hydroxylation is 1. The van der Waals surface area contributed by atoms with E-state index >= 15 is 0 Å². The number of carbonyl (C=O) groups excluding carboxylic acids is 1. The number of likely N-dealkylation sites (tertiary alicyclic amines) is 2. The van der Waals surface area contributed by atoms with Crippen LogP contribution in [-0.2, 0) is 11.2 Å². The first-order valence-corrected chi connectivity index (χ1v) is 11.9. The molecule has 3 heterocycles.